The van der Waals surface area contributed by atoms with Crippen LogP contribution in [0.4, 0.5) is 0 Å². The van der Waals surface area contributed by atoms with Gasteiger partial charge in [0.15, 0.2) is 0 Å². The van der Waals surface area contributed by atoms with Crippen molar-refractivity contribution in [2.45, 2.75) is 70.7 Å². The molecule has 96 valence electrons. The van der Waals surface area contributed by atoms with Crippen LogP contribution in [0.2, 0.25) is 0 Å². The van der Waals surface area contributed by atoms with Crippen molar-refractivity contribution < 1.29 is 9.53 Å². The van der Waals surface area contributed by atoms with Crippen molar-refractivity contribution in [2.75, 3.05) is 0 Å². The van der Waals surface area contributed by atoms with E-state index in [1.165, 1.54) is 12.8 Å². The molecule has 2 atom stereocenters. The molecule has 0 aliphatic rings. The Bertz CT molecular complexity index is 188. The third kappa shape index (κ3) is 6.51. The molecule has 0 aliphatic carbocycles. The fourth-order valence-corrected chi connectivity index (χ4v) is 1.83. The fourth-order valence-electron chi connectivity index (χ4n) is 1.72. The highest BCUT2D eigenvalue weighted by molar-refractivity contribution is 9.10. The zero-order chi connectivity index (χ0) is 12.6. The van der Waals surface area contributed by atoms with Gasteiger partial charge in [-0.15, -0.1) is 0 Å². The number of esters is 1. The van der Waals surface area contributed by atoms with Crippen molar-refractivity contribution in [3.63, 3.8) is 0 Å². The summed E-state index contributed by atoms with van der Waals surface area (Å²) < 4.78 is 5.41. The topological polar surface area (TPSA) is 26.3 Å². The van der Waals surface area contributed by atoms with Crippen LogP contribution in [0.5, 0.6) is 0 Å². The molecule has 2 nitrogen and oxygen atoms in total. The molecule has 3 heteroatoms. The molecule has 0 aromatic heterocycles. The van der Waals surface area contributed by atoms with E-state index in [4.69, 9.17) is 4.74 Å². The second-order valence-corrected chi connectivity index (χ2v) is 5.72. The van der Waals surface area contributed by atoms with Gasteiger partial charge in [-0.05, 0) is 32.1 Å². The number of ether oxygens (including phenoxy) is 1. The number of alkyl halides is 1. The van der Waals surface area contributed by atoms with Gasteiger partial charge in [0.25, 0.3) is 0 Å². The molecule has 0 aromatic rings. The first-order valence-electron chi connectivity index (χ1n) is 6.39. The quantitative estimate of drug-likeness (QED) is 0.492. The van der Waals surface area contributed by atoms with Crippen molar-refractivity contribution >= 4 is 21.9 Å². The van der Waals surface area contributed by atoms with E-state index >= 15 is 0 Å². The maximum absolute atomic E-state index is 11.4. The van der Waals surface area contributed by atoms with Gasteiger partial charge in [0.1, 0.15) is 10.9 Å². The molecule has 0 aromatic carbocycles. The summed E-state index contributed by atoms with van der Waals surface area (Å²) in [5.74, 6) is 0.630. The van der Waals surface area contributed by atoms with Gasteiger partial charge < -0.3 is 4.74 Å². The van der Waals surface area contributed by atoms with Gasteiger partial charge in [-0.3, -0.25) is 4.79 Å². The molecule has 0 aliphatic heterocycles. The molecule has 0 bridgehead atoms. The highest BCUT2D eigenvalue weighted by Gasteiger charge is 2.17. The van der Waals surface area contributed by atoms with Crippen LogP contribution in [-0.2, 0) is 9.53 Å². The summed E-state index contributed by atoms with van der Waals surface area (Å²) in [6, 6.07) is 0. The van der Waals surface area contributed by atoms with Crippen LogP contribution in [0.25, 0.3) is 0 Å². The molecule has 0 saturated carbocycles. The van der Waals surface area contributed by atoms with Crippen LogP contribution < -0.4 is 0 Å². The van der Waals surface area contributed by atoms with E-state index in [2.05, 4.69) is 36.7 Å². The predicted molar refractivity (Wildman–Crippen MR) is 71.9 cm³/mol. The molecule has 16 heavy (non-hydrogen) atoms. The smallest absolute Gasteiger partial charge is 0.319 e. The first kappa shape index (κ1) is 16.0. The largest absolute Gasteiger partial charge is 0.462 e. The van der Waals surface area contributed by atoms with Gasteiger partial charge >= 0.3 is 5.97 Å². The van der Waals surface area contributed by atoms with Crippen LogP contribution >= 0.6 is 15.9 Å². The maximum atomic E-state index is 11.4. The Hall–Kier alpha value is -0.0500. The van der Waals surface area contributed by atoms with E-state index in [1.807, 2.05) is 0 Å². The zero-order valence-corrected chi connectivity index (χ0v) is 12.5. The lowest BCUT2D eigenvalue weighted by Crippen LogP contribution is -2.23. The van der Waals surface area contributed by atoms with Gasteiger partial charge in [0.05, 0.1) is 0 Å². The summed E-state index contributed by atoms with van der Waals surface area (Å²) in [7, 11) is 0. The van der Waals surface area contributed by atoms with Crippen LogP contribution in [0, 0.1) is 5.92 Å². The van der Waals surface area contributed by atoms with E-state index in [0.717, 1.165) is 25.2 Å². The predicted octanol–water partition coefficient (Wildman–Crippen LogP) is 4.31. The highest BCUT2D eigenvalue weighted by Crippen LogP contribution is 2.19. The lowest BCUT2D eigenvalue weighted by molar-refractivity contribution is -0.148. The Labute approximate surface area is 108 Å². The lowest BCUT2D eigenvalue weighted by atomic mass is 9.95. The molecule has 0 radical (unpaired) electrons. The minimum absolute atomic E-state index is 0.0908. The number of carbonyl (C=O) groups excluding carboxylic acids is 1. The Morgan fingerprint density at radius 3 is 2.06 bits per heavy atom. The van der Waals surface area contributed by atoms with E-state index in [1.54, 1.807) is 6.92 Å². The van der Waals surface area contributed by atoms with Crippen LogP contribution in [-0.4, -0.2) is 16.9 Å². The van der Waals surface area contributed by atoms with Crippen molar-refractivity contribution in [1.82, 2.24) is 0 Å². The fraction of sp³-hybridized carbons (Fsp3) is 0.923. The number of hydrogen-bond acceptors (Lipinski definition) is 2. The molecular weight excluding hydrogens is 268 g/mol. The number of rotatable bonds is 8. The standard InChI is InChI=1S/C13H25BrO2/c1-5-11(6-2)8-9-12(7-3)16-13(15)10(4)14/h10-12H,5-9H2,1-4H3. The van der Waals surface area contributed by atoms with Gasteiger partial charge in [-0.1, -0.05) is 49.5 Å². The second kappa shape index (κ2) is 9.03. The summed E-state index contributed by atoms with van der Waals surface area (Å²) in [6.07, 6.45) is 5.59. The van der Waals surface area contributed by atoms with E-state index in [9.17, 15) is 4.79 Å². The van der Waals surface area contributed by atoms with Gasteiger partial charge in [0.2, 0.25) is 0 Å². The Morgan fingerprint density at radius 2 is 1.69 bits per heavy atom. The molecule has 0 fully saturated rings. The molecule has 2 unspecified atom stereocenters. The van der Waals surface area contributed by atoms with Gasteiger partial charge in [-0.25, -0.2) is 0 Å². The van der Waals surface area contributed by atoms with Gasteiger partial charge in [0, 0.05) is 0 Å². The van der Waals surface area contributed by atoms with Crippen molar-refractivity contribution in [3.8, 4) is 0 Å². The van der Waals surface area contributed by atoms with Gasteiger partial charge in [-0.2, -0.15) is 0 Å². The van der Waals surface area contributed by atoms with Crippen molar-refractivity contribution in [1.29, 1.82) is 0 Å². The Kier molecular flexibility index (Phi) is 9.00. The van der Waals surface area contributed by atoms with Crippen LogP contribution in [0.15, 0.2) is 0 Å². The van der Waals surface area contributed by atoms with Crippen molar-refractivity contribution in [3.05, 3.63) is 0 Å². The summed E-state index contributed by atoms with van der Waals surface area (Å²) >= 11 is 3.23. The summed E-state index contributed by atoms with van der Waals surface area (Å²) in [4.78, 5) is 11.2. The molecule has 0 rings (SSSR count). The lowest BCUT2D eigenvalue weighted by Gasteiger charge is -2.19. The SMILES string of the molecule is CCC(CC)CCC(CC)OC(=O)C(C)Br. The first-order valence-corrected chi connectivity index (χ1v) is 7.31. The van der Waals surface area contributed by atoms with Crippen molar-refractivity contribution in [2.24, 2.45) is 5.92 Å². The Balaban J connectivity index is 3.96. The minimum atomic E-state index is -0.199. The monoisotopic (exact) mass is 292 g/mol. The van der Waals surface area contributed by atoms with E-state index in [-0.39, 0.29) is 16.9 Å². The third-order valence-corrected chi connectivity index (χ3v) is 3.49. The van der Waals surface area contributed by atoms with E-state index < -0.39 is 0 Å². The second-order valence-electron chi connectivity index (χ2n) is 4.34. The average molecular weight is 293 g/mol. The summed E-state index contributed by atoms with van der Waals surface area (Å²) in [5.41, 5.74) is 0. The highest BCUT2D eigenvalue weighted by atomic mass is 79.9. The zero-order valence-electron chi connectivity index (χ0n) is 11.0. The summed E-state index contributed by atoms with van der Waals surface area (Å²) in [5, 5.41) is 0. The van der Waals surface area contributed by atoms with E-state index in [0.29, 0.717) is 0 Å². The normalized spacial score (nSPS) is 14.9. The third-order valence-electron chi connectivity index (χ3n) is 3.11. The number of carbonyl (C=O) groups is 1. The molecule has 0 amide bonds. The molecule has 0 heterocycles. The average Bonchev–Trinajstić information content (AvgIpc) is 2.28. The molecule has 0 saturated heterocycles. The van der Waals surface area contributed by atoms with Crippen LogP contribution in [0.1, 0.15) is 59.8 Å². The number of hydrogen-bond donors (Lipinski definition) is 0. The summed E-state index contributed by atoms with van der Waals surface area (Å²) in [6.45, 7) is 8.32. The first-order chi connectivity index (χ1) is 7.54. The maximum Gasteiger partial charge on any atom is 0.319 e. The molecule has 0 N–H and O–H groups in total. The minimum Gasteiger partial charge on any atom is -0.462 e. The Morgan fingerprint density at radius 1 is 1.12 bits per heavy atom. The number of halogens is 1. The molecular formula is C13H25BrO2. The molecule has 0 spiro atoms. The van der Waals surface area contributed by atoms with Crippen LogP contribution in [0.3, 0.4) is 0 Å².